The van der Waals surface area contributed by atoms with E-state index in [-0.39, 0.29) is 47.4 Å². The van der Waals surface area contributed by atoms with Gasteiger partial charge in [-0.15, -0.1) is 0 Å². The van der Waals surface area contributed by atoms with Crippen LogP contribution in [0.1, 0.15) is 47.8 Å². The van der Waals surface area contributed by atoms with Gasteiger partial charge in [0.25, 0.3) is 5.85 Å². The molecule has 0 saturated carbocycles. The number of imidazole rings is 1. The van der Waals surface area contributed by atoms with E-state index in [9.17, 15) is 14.5 Å². The number of nitrogens with one attached hydrogen (secondary N) is 1. The van der Waals surface area contributed by atoms with Crippen LogP contribution in [-0.2, 0) is 23.4 Å². The number of hydrogen-bond acceptors (Lipinski definition) is 13. The summed E-state index contributed by atoms with van der Waals surface area (Å²) in [6.07, 6.45) is -1.69. The summed E-state index contributed by atoms with van der Waals surface area (Å²) in [6, 6.07) is 6.73. The number of ether oxygens (including phenoxy) is 3. The highest BCUT2D eigenvalue weighted by molar-refractivity contribution is 7.52. The van der Waals surface area contributed by atoms with E-state index >= 15 is 8.78 Å². The van der Waals surface area contributed by atoms with Gasteiger partial charge in [0.1, 0.15) is 18.4 Å². The minimum Gasteiger partial charge on any atom is -0.476 e. The quantitative estimate of drug-likeness (QED) is 0.139. The standard InChI is InChI=1S/C30H38F2N7O8P/c1-7-43-23-21-22(36-27(33)37-23)39(16-35-21)26-29(6,31)25(41)30(32,46-26)15-45-48(42,38-17(2)24(40)44-14-28(3,4)5)47-20-12-8-11-19-18(20)10-9-13-34-19/h8-13,16-17,25-26,41H,7,14-15H2,1-6H3,(H,38,42)(H2,33,36,37)/t17-,25-,26+,29+,30+,48?/m0/s1. The van der Waals surface area contributed by atoms with Crippen LogP contribution in [0.15, 0.2) is 42.9 Å². The number of esters is 1. The molecule has 0 spiro atoms. The van der Waals surface area contributed by atoms with Gasteiger partial charge in [-0.3, -0.25) is 18.9 Å². The van der Waals surface area contributed by atoms with Crippen LogP contribution in [0.5, 0.6) is 11.6 Å². The molecule has 5 rings (SSSR count). The first-order chi connectivity index (χ1) is 22.5. The fraction of sp³-hybridized carbons (Fsp3) is 0.500. The summed E-state index contributed by atoms with van der Waals surface area (Å²) in [7, 11) is -4.73. The van der Waals surface area contributed by atoms with E-state index < -0.39 is 50.2 Å². The number of carbonyl (C=O) groups is 1. The highest BCUT2D eigenvalue weighted by Gasteiger charge is 2.65. The van der Waals surface area contributed by atoms with E-state index in [1.54, 1.807) is 37.4 Å². The molecule has 1 fully saturated rings. The molecule has 4 N–H and O–H groups in total. The van der Waals surface area contributed by atoms with E-state index in [4.69, 9.17) is 29.0 Å². The number of halogens is 2. The number of nitrogens with two attached hydrogens (primary N) is 1. The molecule has 18 heteroatoms. The van der Waals surface area contributed by atoms with E-state index in [0.29, 0.717) is 10.9 Å². The van der Waals surface area contributed by atoms with Gasteiger partial charge in [0.15, 0.2) is 29.2 Å². The lowest BCUT2D eigenvalue weighted by molar-refractivity contribution is -0.202. The molecule has 1 unspecified atom stereocenters. The lowest BCUT2D eigenvalue weighted by Crippen LogP contribution is -2.47. The lowest BCUT2D eigenvalue weighted by atomic mass is 9.97. The van der Waals surface area contributed by atoms with E-state index in [0.717, 1.165) is 17.8 Å². The first-order valence-corrected chi connectivity index (χ1v) is 16.6. The van der Waals surface area contributed by atoms with Gasteiger partial charge in [0.05, 0.1) is 25.1 Å². The number of nitrogens with zero attached hydrogens (tertiary/aromatic N) is 5. The van der Waals surface area contributed by atoms with Crippen LogP contribution >= 0.6 is 7.75 Å². The van der Waals surface area contributed by atoms with Crippen molar-refractivity contribution in [2.75, 3.05) is 25.6 Å². The number of rotatable bonds is 12. The van der Waals surface area contributed by atoms with Gasteiger partial charge in [-0.25, -0.2) is 18.3 Å². The Balaban J connectivity index is 1.44. The Hall–Kier alpha value is -4.02. The highest BCUT2D eigenvalue weighted by Crippen LogP contribution is 2.52. The number of aromatic nitrogens is 5. The highest BCUT2D eigenvalue weighted by atomic mass is 31.2. The third kappa shape index (κ3) is 7.20. The molecular weight excluding hydrogens is 655 g/mol. The third-order valence-corrected chi connectivity index (χ3v) is 8.89. The Morgan fingerprint density at radius 3 is 2.69 bits per heavy atom. The minimum absolute atomic E-state index is 0.00986. The number of hydrogen-bond donors (Lipinski definition) is 3. The third-order valence-electron chi connectivity index (χ3n) is 7.28. The Morgan fingerprint density at radius 1 is 1.23 bits per heavy atom. The average Bonchev–Trinajstić information content (AvgIpc) is 3.51. The zero-order valence-electron chi connectivity index (χ0n) is 27.2. The number of aliphatic hydroxyl groups excluding tert-OH is 1. The second-order valence-corrected chi connectivity index (χ2v) is 14.4. The number of benzene rings is 1. The zero-order chi connectivity index (χ0) is 35.1. The second kappa shape index (κ2) is 13.1. The molecule has 4 aromatic rings. The van der Waals surface area contributed by atoms with Crippen LogP contribution in [0.2, 0.25) is 0 Å². The lowest BCUT2D eigenvalue weighted by Gasteiger charge is -2.28. The summed E-state index contributed by atoms with van der Waals surface area (Å²) in [6.45, 7) is 8.49. The molecule has 48 heavy (non-hydrogen) atoms. The first kappa shape index (κ1) is 35.3. The predicted octanol–water partition coefficient (Wildman–Crippen LogP) is 4.41. The zero-order valence-corrected chi connectivity index (χ0v) is 28.1. The molecule has 0 aliphatic carbocycles. The van der Waals surface area contributed by atoms with Crippen molar-refractivity contribution in [2.24, 2.45) is 5.41 Å². The van der Waals surface area contributed by atoms with Crippen LogP contribution in [0, 0.1) is 5.41 Å². The molecule has 1 aliphatic heterocycles. The van der Waals surface area contributed by atoms with Crippen molar-refractivity contribution in [3.8, 4) is 11.6 Å². The van der Waals surface area contributed by atoms with Gasteiger partial charge in [-0.05, 0) is 50.5 Å². The summed E-state index contributed by atoms with van der Waals surface area (Å²) in [5.41, 5.74) is 3.15. The summed E-state index contributed by atoms with van der Waals surface area (Å²) in [5, 5.41) is 13.8. The Kier molecular flexibility index (Phi) is 9.65. The molecular formula is C30H38F2N7O8P. The first-order valence-electron chi connectivity index (χ1n) is 15.1. The number of nitrogen functional groups attached to an aromatic ring is 1. The van der Waals surface area contributed by atoms with Crippen LogP contribution in [0.4, 0.5) is 14.7 Å². The Morgan fingerprint density at radius 2 is 1.98 bits per heavy atom. The Labute approximate surface area is 274 Å². The monoisotopic (exact) mass is 693 g/mol. The maximum atomic E-state index is 16.5. The summed E-state index contributed by atoms with van der Waals surface area (Å²) >= 11 is 0. The number of aliphatic hydroxyl groups is 1. The van der Waals surface area contributed by atoms with Crippen molar-refractivity contribution in [1.82, 2.24) is 29.6 Å². The number of anilines is 1. The smallest absolute Gasteiger partial charge is 0.459 e. The summed E-state index contributed by atoms with van der Waals surface area (Å²) < 4.78 is 75.6. The van der Waals surface area contributed by atoms with Crippen LogP contribution in [0.3, 0.4) is 0 Å². The normalized spacial score (nSPS) is 24.8. The maximum absolute atomic E-state index is 16.5. The number of carbonyl (C=O) groups excluding carboxylic acids is 1. The molecule has 1 aromatic carbocycles. The predicted molar refractivity (Wildman–Crippen MR) is 169 cm³/mol. The van der Waals surface area contributed by atoms with Crippen molar-refractivity contribution in [2.45, 2.75) is 71.4 Å². The van der Waals surface area contributed by atoms with Crippen molar-refractivity contribution in [1.29, 1.82) is 0 Å². The molecule has 15 nitrogen and oxygen atoms in total. The van der Waals surface area contributed by atoms with Gasteiger partial charge >= 0.3 is 13.7 Å². The second-order valence-electron chi connectivity index (χ2n) is 12.7. The van der Waals surface area contributed by atoms with Crippen molar-refractivity contribution >= 4 is 41.7 Å². The molecule has 0 bridgehead atoms. The van der Waals surface area contributed by atoms with Gasteiger partial charge < -0.3 is 29.6 Å². The minimum atomic E-state index is -4.73. The molecule has 3 aromatic heterocycles. The molecule has 0 amide bonds. The molecule has 1 aliphatic rings. The number of pyridine rings is 1. The average molecular weight is 694 g/mol. The van der Waals surface area contributed by atoms with Gasteiger partial charge in [0.2, 0.25) is 11.8 Å². The molecule has 260 valence electrons. The van der Waals surface area contributed by atoms with Crippen LogP contribution in [-0.4, -0.2) is 79.1 Å². The van der Waals surface area contributed by atoms with Crippen molar-refractivity contribution in [3.63, 3.8) is 0 Å². The maximum Gasteiger partial charge on any atom is 0.459 e. The van der Waals surface area contributed by atoms with E-state index in [2.05, 4.69) is 25.0 Å². The largest absolute Gasteiger partial charge is 0.476 e. The SMILES string of the molecule is CCOc1nc(N)nc2c1ncn2[C@@H]1O[C@](F)(COP(=O)(N[C@@H](C)C(=O)OCC(C)(C)C)Oc2cccc3ncccc23)[C@@H](O)[C@@]1(C)F. The number of alkyl halides is 2. The molecule has 1 saturated heterocycles. The number of fused-ring (bicyclic) bond motifs is 2. The topological polar surface area (TPSA) is 195 Å². The van der Waals surface area contributed by atoms with E-state index in [1.807, 2.05) is 20.8 Å². The fourth-order valence-corrected chi connectivity index (χ4v) is 6.45. The molecule has 0 radical (unpaired) electrons. The summed E-state index contributed by atoms with van der Waals surface area (Å²) in [5.74, 6) is -4.29. The Bertz CT molecular complexity index is 1850. The van der Waals surface area contributed by atoms with Crippen molar-refractivity contribution < 1.29 is 46.5 Å². The van der Waals surface area contributed by atoms with Gasteiger partial charge in [-0.2, -0.15) is 15.1 Å². The summed E-state index contributed by atoms with van der Waals surface area (Å²) in [4.78, 5) is 29.3. The fourth-order valence-electron chi connectivity index (χ4n) is 4.93. The molecule has 6 atom stereocenters. The van der Waals surface area contributed by atoms with Gasteiger partial charge in [0, 0.05) is 11.6 Å². The molecule has 4 heterocycles. The van der Waals surface area contributed by atoms with Crippen LogP contribution in [0.25, 0.3) is 22.1 Å². The van der Waals surface area contributed by atoms with E-state index in [1.165, 1.54) is 13.0 Å². The van der Waals surface area contributed by atoms with Crippen LogP contribution < -0.4 is 20.1 Å². The van der Waals surface area contributed by atoms with Crippen molar-refractivity contribution in [3.05, 3.63) is 42.9 Å². The van der Waals surface area contributed by atoms with Gasteiger partial charge in [-0.1, -0.05) is 26.8 Å².